The normalized spacial score (nSPS) is 13.0. The summed E-state index contributed by atoms with van der Waals surface area (Å²) in [6.07, 6.45) is 0. The molecule has 0 saturated carbocycles. The summed E-state index contributed by atoms with van der Waals surface area (Å²) >= 11 is 1.52. The Hall–Kier alpha value is -2.47. The van der Waals surface area contributed by atoms with E-state index in [1.54, 1.807) is 12.1 Å². The van der Waals surface area contributed by atoms with Crippen LogP contribution in [0.3, 0.4) is 0 Å². The van der Waals surface area contributed by atoms with Gasteiger partial charge in [-0.1, -0.05) is 24.3 Å². The largest absolute Gasteiger partial charge is 0.484 e. The lowest BCUT2D eigenvalue weighted by molar-refractivity contribution is -0.123. The summed E-state index contributed by atoms with van der Waals surface area (Å²) < 4.78 is 5.39. The molecule has 2 aromatic rings. The number of carbonyl (C=O) groups is 2. The van der Waals surface area contributed by atoms with E-state index in [0.717, 1.165) is 16.1 Å². The number of carbonyl (C=O) groups excluding carboxylic acids is 2. The van der Waals surface area contributed by atoms with Crippen molar-refractivity contribution in [2.24, 2.45) is 0 Å². The number of rotatable bonds is 5. The number of thioether (sulfide) groups is 1. The Bertz CT molecular complexity index is 719. The molecule has 0 aromatic heterocycles. The van der Waals surface area contributed by atoms with Crippen LogP contribution < -0.4 is 15.4 Å². The van der Waals surface area contributed by atoms with Gasteiger partial charge in [-0.25, -0.2) is 0 Å². The number of amides is 2. The fourth-order valence-corrected chi connectivity index (χ4v) is 2.95. The van der Waals surface area contributed by atoms with Gasteiger partial charge in [0.2, 0.25) is 5.91 Å². The van der Waals surface area contributed by atoms with Crippen LogP contribution >= 0.6 is 11.8 Å². The van der Waals surface area contributed by atoms with E-state index >= 15 is 0 Å². The highest BCUT2D eigenvalue weighted by molar-refractivity contribution is 8.00. The Labute approximate surface area is 138 Å². The highest BCUT2D eigenvalue weighted by atomic mass is 32.2. The van der Waals surface area contributed by atoms with Gasteiger partial charge in [-0.15, -0.1) is 11.8 Å². The van der Waals surface area contributed by atoms with E-state index in [1.165, 1.54) is 11.8 Å². The van der Waals surface area contributed by atoms with Gasteiger partial charge in [0, 0.05) is 11.4 Å². The molecule has 3 rings (SSSR count). The molecular weight excluding hydrogens is 312 g/mol. The predicted molar refractivity (Wildman–Crippen MR) is 89.6 cm³/mol. The second kappa shape index (κ2) is 7.19. The molecule has 0 bridgehead atoms. The number of anilines is 1. The smallest absolute Gasteiger partial charge is 0.258 e. The Kier molecular flexibility index (Phi) is 4.83. The van der Waals surface area contributed by atoms with Crippen LogP contribution in [0, 0.1) is 0 Å². The van der Waals surface area contributed by atoms with E-state index < -0.39 is 0 Å². The van der Waals surface area contributed by atoms with Gasteiger partial charge >= 0.3 is 0 Å². The van der Waals surface area contributed by atoms with E-state index in [1.807, 2.05) is 36.4 Å². The lowest BCUT2D eigenvalue weighted by Crippen LogP contribution is -2.28. The van der Waals surface area contributed by atoms with E-state index in [0.29, 0.717) is 18.0 Å². The number of para-hydroxylation sites is 1. The van der Waals surface area contributed by atoms with Gasteiger partial charge in [-0.3, -0.25) is 9.59 Å². The van der Waals surface area contributed by atoms with Crippen LogP contribution in [0.25, 0.3) is 0 Å². The SMILES string of the molecule is O=C(COc1ccccc1)NCc1ccc2c(c1)NC(=O)CS2. The third-order valence-electron chi connectivity index (χ3n) is 3.28. The van der Waals surface area contributed by atoms with Gasteiger partial charge < -0.3 is 15.4 Å². The summed E-state index contributed by atoms with van der Waals surface area (Å²) in [7, 11) is 0. The zero-order valence-electron chi connectivity index (χ0n) is 12.4. The van der Waals surface area contributed by atoms with Gasteiger partial charge in [0.05, 0.1) is 11.4 Å². The van der Waals surface area contributed by atoms with Crippen LogP contribution in [0.4, 0.5) is 5.69 Å². The Morgan fingerprint density at radius 2 is 2.04 bits per heavy atom. The van der Waals surface area contributed by atoms with Crippen molar-refractivity contribution in [3.8, 4) is 5.75 Å². The third kappa shape index (κ3) is 4.26. The minimum absolute atomic E-state index is 0.0000494. The summed E-state index contributed by atoms with van der Waals surface area (Å²) in [6.45, 7) is 0.367. The summed E-state index contributed by atoms with van der Waals surface area (Å²) in [4.78, 5) is 24.3. The molecule has 118 valence electrons. The van der Waals surface area contributed by atoms with E-state index in [9.17, 15) is 9.59 Å². The Morgan fingerprint density at radius 3 is 2.87 bits per heavy atom. The number of hydrogen-bond donors (Lipinski definition) is 2. The second-order valence-corrected chi connectivity index (χ2v) is 6.06. The molecule has 6 heteroatoms. The first kappa shape index (κ1) is 15.4. The molecule has 23 heavy (non-hydrogen) atoms. The fraction of sp³-hybridized carbons (Fsp3) is 0.176. The molecular formula is C17H16N2O3S. The minimum Gasteiger partial charge on any atom is -0.484 e. The average molecular weight is 328 g/mol. The highest BCUT2D eigenvalue weighted by Crippen LogP contribution is 2.31. The number of benzene rings is 2. The molecule has 0 spiro atoms. The van der Waals surface area contributed by atoms with Gasteiger partial charge in [0.25, 0.3) is 5.91 Å². The van der Waals surface area contributed by atoms with Crippen molar-refractivity contribution in [2.45, 2.75) is 11.4 Å². The Morgan fingerprint density at radius 1 is 1.22 bits per heavy atom. The molecule has 2 N–H and O–H groups in total. The van der Waals surface area contributed by atoms with Gasteiger partial charge in [0.1, 0.15) is 5.75 Å². The Balaban J connectivity index is 1.51. The molecule has 1 aliphatic rings. The summed E-state index contributed by atoms with van der Waals surface area (Å²) in [5.74, 6) is 0.918. The first-order valence-corrected chi connectivity index (χ1v) is 8.19. The van der Waals surface area contributed by atoms with Crippen LogP contribution in [-0.4, -0.2) is 24.2 Å². The molecule has 2 aromatic carbocycles. The van der Waals surface area contributed by atoms with Crippen LogP contribution in [0.1, 0.15) is 5.56 Å². The second-order valence-electron chi connectivity index (χ2n) is 5.05. The average Bonchev–Trinajstić information content (AvgIpc) is 2.58. The first-order chi connectivity index (χ1) is 11.2. The van der Waals surface area contributed by atoms with Gasteiger partial charge in [-0.05, 0) is 29.8 Å². The summed E-state index contributed by atoms with van der Waals surface area (Å²) in [5, 5.41) is 5.64. The van der Waals surface area contributed by atoms with Crippen molar-refractivity contribution in [1.82, 2.24) is 5.32 Å². The lowest BCUT2D eigenvalue weighted by Gasteiger charge is -2.17. The molecule has 1 heterocycles. The van der Waals surface area contributed by atoms with Gasteiger partial charge in [0.15, 0.2) is 6.61 Å². The number of hydrogen-bond acceptors (Lipinski definition) is 4. The van der Waals surface area contributed by atoms with Crippen LogP contribution in [-0.2, 0) is 16.1 Å². The molecule has 5 nitrogen and oxygen atoms in total. The zero-order valence-corrected chi connectivity index (χ0v) is 13.2. The van der Waals surface area contributed by atoms with Crippen molar-refractivity contribution in [1.29, 1.82) is 0 Å². The minimum atomic E-state index is -0.190. The maximum absolute atomic E-state index is 11.8. The predicted octanol–water partition coefficient (Wildman–Crippen LogP) is 2.43. The molecule has 0 saturated heterocycles. The summed E-state index contributed by atoms with van der Waals surface area (Å²) in [6, 6.07) is 15.0. The van der Waals surface area contributed by atoms with Crippen LogP contribution in [0.15, 0.2) is 53.4 Å². The molecule has 0 atom stereocenters. The van der Waals surface area contributed by atoms with Crippen molar-refractivity contribution in [3.63, 3.8) is 0 Å². The molecule has 0 radical (unpaired) electrons. The van der Waals surface area contributed by atoms with Crippen molar-refractivity contribution in [3.05, 3.63) is 54.1 Å². The number of ether oxygens (including phenoxy) is 1. The third-order valence-corrected chi connectivity index (χ3v) is 4.35. The molecule has 0 fully saturated rings. The van der Waals surface area contributed by atoms with Crippen molar-refractivity contribution < 1.29 is 14.3 Å². The topological polar surface area (TPSA) is 67.4 Å². The maximum atomic E-state index is 11.8. The van der Waals surface area contributed by atoms with E-state index in [4.69, 9.17) is 4.74 Å². The molecule has 1 aliphatic heterocycles. The van der Waals surface area contributed by atoms with E-state index in [2.05, 4.69) is 10.6 Å². The van der Waals surface area contributed by atoms with Crippen molar-refractivity contribution in [2.75, 3.05) is 17.7 Å². The number of fused-ring (bicyclic) bond motifs is 1. The molecule has 0 aliphatic carbocycles. The first-order valence-electron chi connectivity index (χ1n) is 7.21. The van der Waals surface area contributed by atoms with Crippen LogP contribution in [0.5, 0.6) is 5.75 Å². The van der Waals surface area contributed by atoms with Gasteiger partial charge in [-0.2, -0.15) is 0 Å². The van der Waals surface area contributed by atoms with Crippen molar-refractivity contribution >= 4 is 29.3 Å². The van der Waals surface area contributed by atoms with Crippen LogP contribution in [0.2, 0.25) is 0 Å². The maximum Gasteiger partial charge on any atom is 0.258 e. The monoisotopic (exact) mass is 328 g/mol. The standard InChI is InChI=1S/C17H16N2O3S/c20-16(10-22-13-4-2-1-3-5-13)18-9-12-6-7-15-14(8-12)19-17(21)11-23-15/h1-8H,9-11H2,(H,18,20)(H,19,21). The fourth-order valence-electron chi connectivity index (χ4n) is 2.16. The quantitative estimate of drug-likeness (QED) is 0.884. The summed E-state index contributed by atoms with van der Waals surface area (Å²) in [5.41, 5.74) is 1.73. The zero-order chi connectivity index (χ0) is 16.1. The highest BCUT2D eigenvalue weighted by Gasteiger charge is 2.15. The van der Waals surface area contributed by atoms with E-state index in [-0.39, 0.29) is 18.4 Å². The molecule has 0 unspecified atom stereocenters. The lowest BCUT2D eigenvalue weighted by atomic mass is 10.2. The molecule has 2 amide bonds. The number of nitrogens with one attached hydrogen (secondary N) is 2.